The molecular formula is C15H13NO4. The van der Waals surface area contributed by atoms with Crippen LogP contribution in [0.3, 0.4) is 0 Å². The fourth-order valence-corrected chi connectivity index (χ4v) is 2.82. The molecule has 102 valence electrons. The summed E-state index contributed by atoms with van der Waals surface area (Å²) in [6, 6.07) is 10.6. The highest BCUT2D eigenvalue weighted by Crippen LogP contribution is 2.47. The van der Waals surface area contributed by atoms with E-state index in [9.17, 15) is 10.2 Å². The Balaban J connectivity index is 1.90. The number of ether oxygens (including phenoxy) is 2. The van der Waals surface area contributed by atoms with Gasteiger partial charge in [0.15, 0.2) is 11.5 Å². The van der Waals surface area contributed by atoms with E-state index in [0.717, 1.165) is 11.3 Å². The number of aliphatic hydroxyl groups is 1. The second-order valence-corrected chi connectivity index (χ2v) is 4.98. The van der Waals surface area contributed by atoms with Crippen LogP contribution in [0.1, 0.15) is 11.1 Å². The summed E-state index contributed by atoms with van der Waals surface area (Å²) in [6.45, 7) is 0.436. The second kappa shape index (κ2) is 3.80. The van der Waals surface area contributed by atoms with Crippen molar-refractivity contribution in [2.45, 2.75) is 5.60 Å². The number of anilines is 1. The third kappa shape index (κ3) is 1.41. The van der Waals surface area contributed by atoms with E-state index in [1.54, 1.807) is 6.07 Å². The van der Waals surface area contributed by atoms with Crippen LogP contribution in [-0.2, 0) is 5.60 Å². The standard InChI is InChI=1S/C15H13NO4/c17-12-6-14-13(19-8-20-14)5-10(12)15(18)7-16-11-4-2-1-3-9(11)15/h1-6,16-18H,7-8H2. The predicted molar refractivity (Wildman–Crippen MR) is 72.2 cm³/mol. The van der Waals surface area contributed by atoms with Crippen molar-refractivity contribution in [3.05, 3.63) is 47.5 Å². The van der Waals surface area contributed by atoms with Gasteiger partial charge in [0.2, 0.25) is 6.79 Å². The van der Waals surface area contributed by atoms with Gasteiger partial charge in [-0.15, -0.1) is 0 Å². The van der Waals surface area contributed by atoms with E-state index in [-0.39, 0.29) is 12.5 Å². The molecule has 0 spiro atoms. The van der Waals surface area contributed by atoms with Crippen LogP contribution in [0.5, 0.6) is 17.2 Å². The van der Waals surface area contributed by atoms with E-state index >= 15 is 0 Å². The minimum absolute atomic E-state index is 0.00440. The van der Waals surface area contributed by atoms with Gasteiger partial charge in [-0.3, -0.25) is 0 Å². The fraction of sp³-hybridized carbons (Fsp3) is 0.200. The molecule has 2 aromatic rings. The summed E-state index contributed by atoms with van der Waals surface area (Å²) in [5, 5.41) is 24.4. The summed E-state index contributed by atoms with van der Waals surface area (Å²) in [6.07, 6.45) is 0. The molecule has 3 N–H and O–H groups in total. The van der Waals surface area contributed by atoms with Crippen molar-refractivity contribution >= 4 is 5.69 Å². The highest BCUT2D eigenvalue weighted by atomic mass is 16.7. The van der Waals surface area contributed by atoms with Gasteiger partial charge < -0.3 is 25.0 Å². The molecule has 5 heteroatoms. The predicted octanol–water partition coefficient (Wildman–Crippen LogP) is 1.78. The van der Waals surface area contributed by atoms with Crippen molar-refractivity contribution in [2.24, 2.45) is 0 Å². The van der Waals surface area contributed by atoms with Gasteiger partial charge in [0, 0.05) is 22.9 Å². The van der Waals surface area contributed by atoms with E-state index in [1.807, 2.05) is 24.3 Å². The Bertz CT molecular complexity index is 700. The van der Waals surface area contributed by atoms with Gasteiger partial charge in [0.25, 0.3) is 0 Å². The topological polar surface area (TPSA) is 71.0 Å². The first-order valence-electron chi connectivity index (χ1n) is 6.37. The van der Waals surface area contributed by atoms with Gasteiger partial charge in [-0.2, -0.15) is 0 Å². The van der Waals surface area contributed by atoms with Crippen LogP contribution in [0.2, 0.25) is 0 Å². The zero-order chi connectivity index (χ0) is 13.7. The van der Waals surface area contributed by atoms with Crippen molar-refractivity contribution in [3.8, 4) is 17.2 Å². The first kappa shape index (κ1) is 11.4. The van der Waals surface area contributed by atoms with Crippen molar-refractivity contribution in [3.63, 3.8) is 0 Å². The van der Waals surface area contributed by atoms with E-state index in [4.69, 9.17) is 9.47 Å². The molecule has 20 heavy (non-hydrogen) atoms. The van der Waals surface area contributed by atoms with Crippen LogP contribution in [0.15, 0.2) is 36.4 Å². The number of β-amino-alcohol motifs (C(OH)–C–C–N with tert-alkyl or cyclic N) is 1. The lowest BCUT2D eigenvalue weighted by Crippen LogP contribution is -2.29. The minimum atomic E-state index is -1.28. The first-order valence-corrected chi connectivity index (χ1v) is 6.37. The third-order valence-electron chi connectivity index (χ3n) is 3.84. The molecule has 0 saturated carbocycles. The summed E-state index contributed by atoms with van der Waals surface area (Å²) in [7, 11) is 0. The number of aromatic hydroxyl groups is 1. The maximum Gasteiger partial charge on any atom is 0.231 e. The van der Waals surface area contributed by atoms with Crippen molar-refractivity contribution in [1.82, 2.24) is 0 Å². The third-order valence-corrected chi connectivity index (χ3v) is 3.84. The maximum atomic E-state index is 11.0. The van der Waals surface area contributed by atoms with Crippen LogP contribution in [0.25, 0.3) is 0 Å². The minimum Gasteiger partial charge on any atom is -0.507 e. The summed E-state index contributed by atoms with van der Waals surface area (Å²) in [4.78, 5) is 0. The Labute approximate surface area is 115 Å². The van der Waals surface area contributed by atoms with E-state index in [0.29, 0.717) is 23.6 Å². The SMILES string of the molecule is Oc1cc2c(cc1C1(O)CNc3ccccc31)OCO2. The normalized spacial score (nSPS) is 22.4. The lowest BCUT2D eigenvalue weighted by Gasteiger charge is -2.24. The molecule has 1 atom stereocenters. The Morgan fingerprint density at radius 1 is 1.05 bits per heavy atom. The number of hydrogen-bond acceptors (Lipinski definition) is 5. The zero-order valence-corrected chi connectivity index (χ0v) is 10.6. The largest absolute Gasteiger partial charge is 0.507 e. The van der Waals surface area contributed by atoms with E-state index < -0.39 is 5.60 Å². The van der Waals surface area contributed by atoms with Crippen LogP contribution in [-0.4, -0.2) is 23.6 Å². The molecule has 0 amide bonds. The second-order valence-electron chi connectivity index (χ2n) is 4.98. The molecule has 0 aromatic heterocycles. The number of fused-ring (bicyclic) bond motifs is 2. The van der Waals surface area contributed by atoms with Crippen LogP contribution in [0, 0.1) is 0 Å². The quantitative estimate of drug-likeness (QED) is 0.737. The smallest absolute Gasteiger partial charge is 0.231 e. The summed E-state index contributed by atoms with van der Waals surface area (Å²) in [5.41, 5.74) is 0.752. The van der Waals surface area contributed by atoms with Gasteiger partial charge >= 0.3 is 0 Å². The molecule has 2 aliphatic rings. The molecule has 1 unspecified atom stereocenters. The fourth-order valence-electron chi connectivity index (χ4n) is 2.82. The highest BCUT2D eigenvalue weighted by Gasteiger charge is 2.41. The van der Waals surface area contributed by atoms with Crippen LogP contribution < -0.4 is 14.8 Å². The number of nitrogens with one attached hydrogen (secondary N) is 1. The van der Waals surface area contributed by atoms with Gasteiger partial charge in [-0.05, 0) is 12.1 Å². The van der Waals surface area contributed by atoms with Gasteiger partial charge in [-0.25, -0.2) is 0 Å². The van der Waals surface area contributed by atoms with Crippen molar-refractivity contribution in [1.29, 1.82) is 0 Å². The summed E-state index contributed by atoms with van der Waals surface area (Å²) < 4.78 is 10.5. The lowest BCUT2D eigenvalue weighted by molar-refractivity contribution is 0.0996. The molecule has 0 aliphatic carbocycles. The Morgan fingerprint density at radius 3 is 2.65 bits per heavy atom. The summed E-state index contributed by atoms with van der Waals surface area (Å²) in [5.74, 6) is 1.03. The Morgan fingerprint density at radius 2 is 1.80 bits per heavy atom. The average molecular weight is 271 g/mol. The number of phenols is 1. The molecule has 2 aliphatic heterocycles. The van der Waals surface area contributed by atoms with Crippen LogP contribution in [0.4, 0.5) is 5.69 Å². The number of phenolic OH excluding ortho intramolecular Hbond substituents is 1. The molecular weight excluding hydrogens is 258 g/mol. The molecule has 5 nitrogen and oxygen atoms in total. The Hall–Kier alpha value is -2.40. The molecule has 2 heterocycles. The van der Waals surface area contributed by atoms with Crippen molar-refractivity contribution < 1.29 is 19.7 Å². The highest BCUT2D eigenvalue weighted by molar-refractivity contribution is 5.65. The number of rotatable bonds is 1. The van der Waals surface area contributed by atoms with Gasteiger partial charge in [-0.1, -0.05) is 18.2 Å². The van der Waals surface area contributed by atoms with E-state index in [1.165, 1.54) is 6.07 Å². The Kier molecular flexibility index (Phi) is 2.17. The van der Waals surface area contributed by atoms with E-state index in [2.05, 4.69) is 5.32 Å². The first-order chi connectivity index (χ1) is 9.68. The zero-order valence-electron chi connectivity index (χ0n) is 10.6. The molecule has 0 radical (unpaired) electrons. The molecule has 4 rings (SSSR count). The summed E-state index contributed by atoms with van der Waals surface area (Å²) >= 11 is 0. The number of para-hydroxylation sites is 1. The number of hydrogen-bond donors (Lipinski definition) is 3. The van der Waals surface area contributed by atoms with Gasteiger partial charge in [0.1, 0.15) is 11.4 Å². The maximum absolute atomic E-state index is 11.0. The van der Waals surface area contributed by atoms with Gasteiger partial charge in [0.05, 0.1) is 6.54 Å². The average Bonchev–Trinajstić information content (AvgIpc) is 3.04. The molecule has 0 fully saturated rings. The molecule has 0 saturated heterocycles. The number of benzene rings is 2. The lowest BCUT2D eigenvalue weighted by atomic mass is 9.87. The monoisotopic (exact) mass is 271 g/mol. The van der Waals surface area contributed by atoms with Crippen LogP contribution >= 0.6 is 0 Å². The molecule has 2 aromatic carbocycles. The van der Waals surface area contributed by atoms with Crippen molar-refractivity contribution in [2.75, 3.05) is 18.7 Å². The molecule has 0 bridgehead atoms.